The van der Waals surface area contributed by atoms with Crippen LogP contribution in [0.25, 0.3) is 0 Å². The van der Waals surface area contributed by atoms with Gasteiger partial charge in [-0.1, -0.05) is 13.8 Å². The summed E-state index contributed by atoms with van der Waals surface area (Å²) < 4.78 is 6.97. The Kier molecular flexibility index (Phi) is 4.58. The molecular weight excluding hydrogens is 298 g/mol. The van der Waals surface area contributed by atoms with E-state index in [1.165, 1.54) is 11.0 Å². The van der Waals surface area contributed by atoms with Crippen molar-refractivity contribution in [2.24, 2.45) is 7.05 Å². The number of hydrogen-bond acceptors (Lipinski definition) is 4. The van der Waals surface area contributed by atoms with Crippen LogP contribution < -0.4 is 0 Å². The Morgan fingerprint density at radius 3 is 2.52 bits per heavy atom. The Hall–Kier alpha value is -2.57. The van der Waals surface area contributed by atoms with E-state index in [0.717, 1.165) is 5.69 Å². The van der Waals surface area contributed by atoms with Gasteiger partial charge in [-0.15, -0.1) is 0 Å². The van der Waals surface area contributed by atoms with Gasteiger partial charge in [0.25, 0.3) is 5.91 Å². The second kappa shape index (κ2) is 6.28. The number of hydrogen-bond donors (Lipinski definition) is 1. The summed E-state index contributed by atoms with van der Waals surface area (Å²) in [4.78, 5) is 25.1. The SMILES string of the molecule is Cc1oc(CN(C)C(=O)c2cc(C(C)C)nn2C)cc1C(=O)O. The highest BCUT2D eigenvalue weighted by atomic mass is 16.4. The zero-order valence-electron chi connectivity index (χ0n) is 14.0. The highest BCUT2D eigenvalue weighted by molar-refractivity contribution is 5.92. The molecular formula is C16H21N3O4. The molecule has 7 heteroatoms. The molecule has 0 radical (unpaired) electrons. The molecule has 2 rings (SSSR count). The first kappa shape index (κ1) is 16.8. The lowest BCUT2D eigenvalue weighted by atomic mass is 10.1. The Morgan fingerprint density at radius 1 is 1.39 bits per heavy atom. The fourth-order valence-electron chi connectivity index (χ4n) is 2.31. The molecule has 0 aliphatic heterocycles. The molecule has 1 N–H and O–H groups in total. The van der Waals surface area contributed by atoms with Crippen LogP contribution in [0.5, 0.6) is 0 Å². The molecule has 124 valence electrons. The van der Waals surface area contributed by atoms with Gasteiger partial charge in [0.15, 0.2) is 0 Å². The zero-order valence-corrected chi connectivity index (χ0v) is 14.0. The van der Waals surface area contributed by atoms with Crippen LogP contribution in [0.1, 0.15) is 57.8 Å². The summed E-state index contributed by atoms with van der Waals surface area (Å²) in [5, 5.41) is 13.4. The topological polar surface area (TPSA) is 88.6 Å². The minimum Gasteiger partial charge on any atom is -0.478 e. The van der Waals surface area contributed by atoms with Gasteiger partial charge in [0.05, 0.1) is 12.2 Å². The van der Waals surface area contributed by atoms with Crippen LogP contribution in [-0.4, -0.2) is 38.7 Å². The van der Waals surface area contributed by atoms with Gasteiger partial charge in [-0.3, -0.25) is 9.48 Å². The lowest BCUT2D eigenvalue weighted by Gasteiger charge is -2.15. The van der Waals surface area contributed by atoms with Gasteiger partial charge >= 0.3 is 5.97 Å². The molecule has 0 unspecified atom stereocenters. The second-order valence-electron chi connectivity index (χ2n) is 5.88. The van der Waals surface area contributed by atoms with Gasteiger partial charge < -0.3 is 14.4 Å². The molecule has 1 amide bonds. The number of furan rings is 1. The minimum atomic E-state index is -1.04. The van der Waals surface area contributed by atoms with Gasteiger partial charge in [0, 0.05) is 14.1 Å². The number of carboxylic acid groups (broad SMARTS) is 1. The monoisotopic (exact) mass is 319 g/mol. The third-order valence-corrected chi connectivity index (χ3v) is 3.65. The van der Waals surface area contributed by atoms with Crippen molar-refractivity contribution in [2.45, 2.75) is 33.2 Å². The summed E-state index contributed by atoms with van der Waals surface area (Å²) in [6.07, 6.45) is 0. The highest BCUT2D eigenvalue weighted by Crippen LogP contribution is 2.18. The third-order valence-electron chi connectivity index (χ3n) is 3.65. The van der Waals surface area contributed by atoms with Crippen LogP contribution >= 0.6 is 0 Å². The van der Waals surface area contributed by atoms with E-state index in [4.69, 9.17) is 9.52 Å². The first-order chi connectivity index (χ1) is 10.7. The molecule has 0 bridgehead atoms. The summed E-state index contributed by atoms with van der Waals surface area (Å²) >= 11 is 0. The van der Waals surface area contributed by atoms with Crippen molar-refractivity contribution in [1.82, 2.24) is 14.7 Å². The standard InChI is InChI=1S/C16H21N3O4/c1-9(2)13-7-14(19(5)17-13)15(20)18(4)8-11-6-12(16(21)22)10(3)23-11/h6-7,9H,8H2,1-5H3,(H,21,22). The van der Waals surface area contributed by atoms with E-state index in [0.29, 0.717) is 17.2 Å². The number of carbonyl (C=O) groups excluding carboxylic acids is 1. The van der Waals surface area contributed by atoms with Crippen molar-refractivity contribution in [3.05, 3.63) is 40.6 Å². The molecule has 7 nitrogen and oxygen atoms in total. The molecule has 0 spiro atoms. The molecule has 0 saturated carbocycles. The lowest BCUT2D eigenvalue weighted by Crippen LogP contribution is -2.27. The number of aromatic carboxylic acids is 1. The number of aryl methyl sites for hydroxylation is 2. The maximum Gasteiger partial charge on any atom is 0.339 e. The number of amides is 1. The predicted molar refractivity (Wildman–Crippen MR) is 83.5 cm³/mol. The molecule has 2 aromatic rings. The Morgan fingerprint density at radius 2 is 2.04 bits per heavy atom. The first-order valence-electron chi connectivity index (χ1n) is 7.32. The number of carbonyl (C=O) groups is 2. The molecule has 0 atom stereocenters. The van der Waals surface area contributed by atoms with Gasteiger partial charge in [-0.2, -0.15) is 5.10 Å². The summed E-state index contributed by atoms with van der Waals surface area (Å²) in [5.74, 6) is -0.241. The van der Waals surface area contributed by atoms with E-state index in [9.17, 15) is 9.59 Å². The van der Waals surface area contributed by atoms with E-state index in [1.54, 1.807) is 31.8 Å². The fraction of sp³-hybridized carbons (Fsp3) is 0.438. The summed E-state index contributed by atoms with van der Waals surface area (Å²) in [7, 11) is 3.37. The molecule has 23 heavy (non-hydrogen) atoms. The average Bonchev–Trinajstić information content (AvgIpc) is 3.01. The summed E-state index contributed by atoms with van der Waals surface area (Å²) in [6.45, 7) is 5.80. The average molecular weight is 319 g/mol. The Balaban J connectivity index is 2.17. The van der Waals surface area contributed by atoms with Gasteiger partial charge in [-0.25, -0.2) is 4.79 Å². The second-order valence-corrected chi connectivity index (χ2v) is 5.88. The summed E-state index contributed by atoms with van der Waals surface area (Å²) in [6, 6.07) is 3.23. The Bertz CT molecular complexity index is 743. The lowest BCUT2D eigenvalue weighted by molar-refractivity contribution is 0.0694. The summed E-state index contributed by atoms with van der Waals surface area (Å²) in [5.41, 5.74) is 1.45. The van der Waals surface area contributed by atoms with Crippen LogP contribution in [0, 0.1) is 6.92 Å². The van der Waals surface area contributed by atoms with E-state index in [2.05, 4.69) is 5.10 Å². The first-order valence-corrected chi connectivity index (χ1v) is 7.32. The van der Waals surface area contributed by atoms with Crippen molar-refractivity contribution in [2.75, 3.05) is 7.05 Å². The largest absolute Gasteiger partial charge is 0.478 e. The molecule has 2 aromatic heterocycles. The number of carboxylic acids is 1. The molecule has 2 heterocycles. The van der Waals surface area contributed by atoms with Crippen LogP contribution in [-0.2, 0) is 13.6 Å². The van der Waals surface area contributed by atoms with E-state index in [1.807, 2.05) is 13.8 Å². The molecule has 0 saturated heterocycles. The number of nitrogens with zero attached hydrogens (tertiary/aromatic N) is 3. The van der Waals surface area contributed by atoms with Gasteiger partial charge in [0.2, 0.25) is 0 Å². The van der Waals surface area contributed by atoms with Crippen LogP contribution in [0.2, 0.25) is 0 Å². The smallest absolute Gasteiger partial charge is 0.339 e. The maximum absolute atomic E-state index is 12.5. The van der Waals surface area contributed by atoms with Crippen LogP contribution in [0.15, 0.2) is 16.5 Å². The van der Waals surface area contributed by atoms with Crippen molar-refractivity contribution in [3.63, 3.8) is 0 Å². The van der Waals surface area contributed by atoms with E-state index >= 15 is 0 Å². The maximum atomic E-state index is 12.5. The van der Waals surface area contributed by atoms with Gasteiger partial charge in [0.1, 0.15) is 22.8 Å². The van der Waals surface area contributed by atoms with Crippen molar-refractivity contribution in [3.8, 4) is 0 Å². The number of aromatic nitrogens is 2. The van der Waals surface area contributed by atoms with Crippen LogP contribution in [0.4, 0.5) is 0 Å². The molecule has 0 aliphatic carbocycles. The zero-order chi connectivity index (χ0) is 17.3. The minimum absolute atomic E-state index is 0.114. The normalized spacial score (nSPS) is 11.0. The third kappa shape index (κ3) is 3.44. The van der Waals surface area contributed by atoms with Crippen molar-refractivity contribution < 1.29 is 19.1 Å². The van der Waals surface area contributed by atoms with E-state index < -0.39 is 5.97 Å². The predicted octanol–water partition coefficient (Wildman–Crippen LogP) is 2.42. The number of rotatable bonds is 5. The fourth-order valence-corrected chi connectivity index (χ4v) is 2.31. The Labute approximate surface area is 134 Å². The highest BCUT2D eigenvalue weighted by Gasteiger charge is 2.21. The molecule has 0 aromatic carbocycles. The quantitative estimate of drug-likeness (QED) is 0.914. The van der Waals surface area contributed by atoms with E-state index in [-0.39, 0.29) is 23.9 Å². The van der Waals surface area contributed by atoms with Crippen molar-refractivity contribution in [1.29, 1.82) is 0 Å². The molecule has 0 fully saturated rings. The molecule has 0 aliphatic rings. The van der Waals surface area contributed by atoms with Crippen LogP contribution in [0.3, 0.4) is 0 Å². The van der Waals surface area contributed by atoms with Gasteiger partial charge in [-0.05, 0) is 25.0 Å². The van der Waals surface area contributed by atoms with Crippen molar-refractivity contribution >= 4 is 11.9 Å².